The average molecular weight is 292 g/mol. The van der Waals surface area contributed by atoms with Crippen molar-refractivity contribution in [3.05, 3.63) is 17.3 Å². The van der Waals surface area contributed by atoms with Gasteiger partial charge in [0.1, 0.15) is 0 Å². The van der Waals surface area contributed by atoms with E-state index < -0.39 is 11.5 Å². The summed E-state index contributed by atoms with van der Waals surface area (Å²) in [6, 6.07) is 0. The highest BCUT2D eigenvalue weighted by atomic mass is 16.4. The molecule has 2 aliphatic carbocycles. The lowest BCUT2D eigenvalue weighted by molar-refractivity contribution is -0.138. The number of hydrogen-bond donors (Lipinski definition) is 2. The van der Waals surface area contributed by atoms with Gasteiger partial charge >= 0.3 is 5.97 Å². The zero-order valence-corrected chi connectivity index (χ0v) is 12.1. The molecule has 1 heterocycles. The van der Waals surface area contributed by atoms with Gasteiger partial charge in [-0.25, -0.2) is 4.98 Å². The molecule has 1 aromatic rings. The summed E-state index contributed by atoms with van der Waals surface area (Å²) in [5, 5.41) is 12.0. The number of aliphatic carboxylic acids is 1. The number of nitrogens with zero attached hydrogens (tertiary/aromatic N) is 1. The SMILES string of the molecule is Cc1nc(C2CC2)oc1C(=O)NC1(CC(=O)O)CCCC1. The van der Waals surface area contributed by atoms with Crippen LogP contribution in [0.15, 0.2) is 4.42 Å². The maximum Gasteiger partial charge on any atom is 0.305 e. The number of oxazole rings is 1. The first-order valence-corrected chi connectivity index (χ1v) is 7.51. The van der Waals surface area contributed by atoms with Crippen molar-refractivity contribution < 1.29 is 19.1 Å². The number of aromatic nitrogens is 1. The van der Waals surface area contributed by atoms with E-state index in [0.29, 0.717) is 30.3 Å². The van der Waals surface area contributed by atoms with E-state index in [1.54, 1.807) is 6.92 Å². The summed E-state index contributed by atoms with van der Waals surface area (Å²) in [6.45, 7) is 1.75. The van der Waals surface area contributed by atoms with Gasteiger partial charge in [0.05, 0.1) is 17.7 Å². The highest BCUT2D eigenvalue weighted by Crippen LogP contribution is 2.40. The van der Waals surface area contributed by atoms with Crippen molar-refractivity contribution in [2.75, 3.05) is 0 Å². The standard InChI is InChI=1S/C15H20N2O4/c1-9-12(21-14(16-9)10-4-5-10)13(20)17-15(8-11(18)19)6-2-3-7-15/h10H,2-8H2,1H3,(H,17,20)(H,18,19). The fourth-order valence-corrected chi connectivity index (χ4v) is 3.12. The predicted octanol–water partition coefficient (Wildman–Crippen LogP) is 2.38. The summed E-state index contributed by atoms with van der Waals surface area (Å²) >= 11 is 0. The van der Waals surface area contributed by atoms with E-state index in [1.807, 2.05) is 0 Å². The third-order valence-corrected chi connectivity index (χ3v) is 4.37. The minimum absolute atomic E-state index is 0.0403. The van der Waals surface area contributed by atoms with E-state index in [1.165, 1.54) is 0 Å². The second-order valence-electron chi connectivity index (χ2n) is 6.25. The molecular formula is C15H20N2O4. The largest absolute Gasteiger partial charge is 0.481 e. The zero-order chi connectivity index (χ0) is 15.0. The normalized spacial score (nSPS) is 20.4. The van der Waals surface area contributed by atoms with E-state index in [0.717, 1.165) is 25.7 Å². The Balaban J connectivity index is 1.76. The minimum atomic E-state index is -0.884. The van der Waals surface area contributed by atoms with Gasteiger partial charge in [0, 0.05) is 5.92 Å². The predicted molar refractivity (Wildman–Crippen MR) is 74.1 cm³/mol. The molecule has 2 fully saturated rings. The highest BCUT2D eigenvalue weighted by molar-refractivity contribution is 5.93. The number of aryl methyl sites for hydroxylation is 1. The number of nitrogens with one attached hydrogen (secondary N) is 1. The summed E-state index contributed by atoms with van der Waals surface area (Å²) in [5.41, 5.74) is -0.0557. The Labute approximate surface area is 122 Å². The smallest absolute Gasteiger partial charge is 0.305 e. The summed E-state index contributed by atoms with van der Waals surface area (Å²) in [5.74, 6) is -0.00478. The number of carboxylic acids is 1. The molecule has 0 bridgehead atoms. The molecule has 0 aromatic carbocycles. The summed E-state index contributed by atoms with van der Waals surface area (Å²) in [4.78, 5) is 27.8. The van der Waals surface area contributed by atoms with Crippen LogP contribution >= 0.6 is 0 Å². The molecule has 1 aromatic heterocycles. The Hall–Kier alpha value is -1.85. The van der Waals surface area contributed by atoms with E-state index in [4.69, 9.17) is 9.52 Å². The van der Waals surface area contributed by atoms with Gasteiger partial charge in [0.25, 0.3) is 5.91 Å². The van der Waals surface area contributed by atoms with Crippen molar-refractivity contribution in [2.45, 2.75) is 63.3 Å². The topological polar surface area (TPSA) is 92.4 Å². The van der Waals surface area contributed by atoms with Crippen LogP contribution in [-0.2, 0) is 4.79 Å². The maximum absolute atomic E-state index is 12.4. The molecule has 6 nitrogen and oxygen atoms in total. The molecule has 2 saturated carbocycles. The number of carbonyl (C=O) groups is 2. The Bertz CT molecular complexity index is 568. The summed E-state index contributed by atoms with van der Waals surface area (Å²) < 4.78 is 5.59. The second-order valence-corrected chi connectivity index (χ2v) is 6.25. The lowest BCUT2D eigenvalue weighted by atomic mass is 9.93. The molecule has 0 unspecified atom stereocenters. The van der Waals surface area contributed by atoms with Crippen molar-refractivity contribution in [2.24, 2.45) is 0 Å². The van der Waals surface area contributed by atoms with Crippen LogP contribution in [0.5, 0.6) is 0 Å². The fourth-order valence-electron chi connectivity index (χ4n) is 3.12. The van der Waals surface area contributed by atoms with Gasteiger partial charge in [-0.05, 0) is 32.6 Å². The molecule has 0 radical (unpaired) electrons. The van der Waals surface area contributed by atoms with Crippen molar-refractivity contribution >= 4 is 11.9 Å². The van der Waals surface area contributed by atoms with Gasteiger partial charge in [-0.3, -0.25) is 9.59 Å². The van der Waals surface area contributed by atoms with E-state index in [-0.39, 0.29) is 18.1 Å². The van der Waals surface area contributed by atoms with Crippen molar-refractivity contribution in [1.82, 2.24) is 10.3 Å². The van der Waals surface area contributed by atoms with Crippen LogP contribution in [0, 0.1) is 6.92 Å². The first-order valence-electron chi connectivity index (χ1n) is 7.51. The maximum atomic E-state index is 12.4. The van der Waals surface area contributed by atoms with Gasteiger partial charge in [-0.1, -0.05) is 12.8 Å². The molecule has 1 amide bonds. The summed E-state index contributed by atoms with van der Waals surface area (Å²) in [7, 11) is 0. The van der Waals surface area contributed by atoms with E-state index in [2.05, 4.69) is 10.3 Å². The van der Waals surface area contributed by atoms with Crippen LogP contribution in [0.1, 0.15) is 73.0 Å². The first kappa shape index (κ1) is 14.1. The van der Waals surface area contributed by atoms with Gasteiger partial charge in [0.15, 0.2) is 5.89 Å². The van der Waals surface area contributed by atoms with Crippen LogP contribution in [0.2, 0.25) is 0 Å². The molecule has 0 saturated heterocycles. The van der Waals surface area contributed by atoms with Gasteiger partial charge in [-0.15, -0.1) is 0 Å². The average Bonchev–Trinajstić information content (AvgIpc) is 3.04. The van der Waals surface area contributed by atoms with Crippen LogP contribution in [-0.4, -0.2) is 27.5 Å². The molecule has 21 heavy (non-hydrogen) atoms. The molecule has 0 spiro atoms. The van der Waals surface area contributed by atoms with Gasteiger partial charge < -0.3 is 14.8 Å². The van der Waals surface area contributed by atoms with Crippen molar-refractivity contribution in [3.8, 4) is 0 Å². The molecular weight excluding hydrogens is 272 g/mol. The zero-order valence-electron chi connectivity index (χ0n) is 12.1. The van der Waals surface area contributed by atoms with Crippen LogP contribution in [0.3, 0.4) is 0 Å². The number of amides is 1. The van der Waals surface area contributed by atoms with Crippen LogP contribution in [0.4, 0.5) is 0 Å². The Morgan fingerprint density at radius 1 is 1.38 bits per heavy atom. The van der Waals surface area contributed by atoms with E-state index in [9.17, 15) is 9.59 Å². The summed E-state index contributed by atoms with van der Waals surface area (Å²) in [6.07, 6.45) is 5.36. The van der Waals surface area contributed by atoms with E-state index >= 15 is 0 Å². The first-order chi connectivity index (χ1) is 9.99. The lowest BCUT2D eigenvalue weighted by Gasteiger charge is -2.28. The number of rotatable bonds is 5. The Kier molecular flexibility index (Phi) is 3.47. The Morgan fingerprint density at radius 3 is 2.62 bits per heavy atom. The third-order valence-electron chi connectivity index (χ3n) is 4.37. The molecule has 0 aliphatic heterocycles. The van der Waals surface area contributed by atoms with Crippen LogP contribution in [0.25, 0.3) is 0 Å². The highest BCUT2D eigenvalue weighted by Gasteiger charge is 2.39. The van der Waals surface area contributed by atoms with Crippen molar-refractivity contribution in [3.63, 3.8) is 0 Å². The quantitative estimate of drug-likeness (QED) is 0.869. The van der Waals surface area contributed by atoms with Crippen LogP contribution < -0.4 is 5.32 Å². The lowest BCUT2D eigenvalue weighted by Crippen LogP contribution is -2.47. The fraction of sp³-hybridized carbons (Fsp3) is 0.667. The molecule has 114 valence electrons. The molecule has 0 atom stereocenters. The molecule has 2 N–H and O–H groups in total. The third kappa shape index (κ3) is 2.94. The molecule has 6 heteroatoms. The monoisotopic (exact) mass is 292 g/mol. The van der Waals surface area contributed by atoms with Gasteiger partial charge in [-0.2, -0.15) is 0 Å². The molecule has 2 aliphatic rings. The number of carbonyl (C=O) groups excluding carboxylic acids is 1. The number of carboxylic acid groups (broad SMARTS) is 1. The number of hydrogen-bond acceptors (Lipinski definition) is 4. The minimum Gasteiger partial charge on any atom is -0.481 e. The Morgan fingerprint density at radius 2 is 2.05 bits per heavy atom. The van der Waals surface area contributed by atoms with Crippen molar-refractivity contribution in [1.29, 1.82) is 0 Å². The molecule has 3 rings (SSSR count). The second kappa shape index (κ2) is 5.16. The van der Waals surface area contributed by atoms with Gasteiger partial charge in [0.2, 0.25) is 5.76 Å².